The van der Waals surface area contributed by atoms with E-state index in [1.807, 2.05) is 20.9 Å². The Labute approximate surface area is 149 Å². The number of aryl methyl sites for hydroxylation is 3. The first-order valence-corrected chi connectivity index (χ1v) is 8.12. The molecular weight excluding hydrogens is 330 g/mol. The standard InChI is InChI=1S/C18H17N7O/c1-11-10-13(15-12(2)23-24(3)17(15)21-11)18(26)22-14-6-4-7-19-16(14)25-9-5-8-20-25/h4-10H,1-3H3,(H,22,26). The van der Waals surface area contributed by atoms with Gasteiger partial charge in [0.25, 0.3) is 5.91 Å². The fraction of sp³-hybridized carbons (Fsp3) is 0.167. The van der Waals surface area contributed by atoms with E-state index in [-0.39, 0.29) is 5.91 Å². The molecule has 0 aliphatic heterocycles. The molecule has 0 saturated carbocycles. The van der Waals surface area contributed by atoms with E-state index in [0.29, 0.717) is 22.7 Å². The molecule has 26 heavy (non-hydrogen) atoms. The molecule has 0 aromatic carbocycles. The van der Waals surface area contributed by atoms with Crippen molar-refractivity contribution in [2.75, 3.05) is 5.32 Å². The quantitative estimate of drug-likeness (QED) is 0.615. The van der Waals surface area contributed by atoms with Crippen molar-refractivity contribution in [2.45, 2.75) is 13.8 Å². The Hall–Kier alpha value is -3.55. The summed E-state index contributed by atoms with van der Waals surface area (Å²) in [6.07, 6.45) is 5.10. The van der Waals surface area contributed by atoms with E-state index in [0.717, 1.165) is 16.8 Å². The number of nitrogens with one attached hydrogen (secondary N) is 1. The Balaban J connectivity index is 1.78. The lowest BCUT2D eigenvalue weighted by atomic mass is 10.1. The van der Waals surface area contributed by atoms with Crippen molar-refractivity contribution in [1.29, 1.82) is 0 Å². The summed E-state index contributed by atoms with van der Waals surface area (Å²) in [5, 5.41) is 12.3. The molecule has 0 atom stereocenters. The molecule has 4 heterocycles. The molecular formula is C18H17N7O. The second kappa shape index (κ2) is 6.07. The highest BCUT2D eigenvalue weighted by Crippen LogP contribution is 2.24. The van der Waals surface area contributed by atoms with Crippen LogP contribution in [0.25, 0.3) is 16.9 Å². The molecule has 0 bridgehead atoms. The molecule has 130 valence electrons. The summed E-state index contributed by atoms with van der Waals surface area (Å²) < 4.78 is 3.30. The van der Waals surface area contributed by atoms with Crippen molar-refractivity contribution >= 4 is 22.6 Å². The van der Waals surface area contributed by atoms with Crippen molar-refractivity contribution in [3.63, 3.8) is 0 Å². The zero-order valence-electron chi connectivity index (χ0n) is 14.6. The molecule has 8 nitrogen and oxygen atoms in total. The van der Waals surface area contributed by atoms with Crippen molar-refractivity contribution in [2.24, 2.45) is 7.05 Å². The van der Waals surface area contributed by atoms with Gasteiger partial charge in [-0.15, -0.1) is 0 Å². The minimum atomic E-state index is -0.238. The number of amides is 1. The highest BCUT2D eigenvalue weighted by Gasteiger charge is 2.19. The summed E-state index contributed by atoms with van der Waals surface area (Å²) in [6, 6.07) is 7.14. The fourth-order valence-corrected chi connectivity index (χ4v) is 3.01. The summed E-state index contributed by atoms with van der Waals surface area (Å²) in [5.74, 6) is 0.314. The first kappa shape index (κ1) is 15.9. The minimum absolute atomic E-state index is 0.238. The lowest BCUT2D eigenvalue weighted by molar-refractivity contribution is 0.102. The van der Waals surface area contributed by atoms with E-state index < -0.39 is 0 Å². The van der Waals surface area contributed by atoms with Gasteiger partial charge in [-0.1, -0.05) is 0 Å². The van der Waals surface area contributed by atoms with E-state index >= 15 is 0 Å². The Morgan fingerprint density at radius 2 is 2.04 bits per heavy atom. The van der Waals surface area contributed by atoms with Crippen LogP contribution in [0.15, 0.2) is 42.9 Å². The SMILES string of the molecule is Cc1cc(C(=O)Nc2cccnc2-n2cccn2)c2c(C)nn(C)c2n1. The monoisotopic (exact) mass is 347 g/mol. The van der Waals surface area contributed by atoms with Crippen LogP contribution in [-0.2, 0) is 7.05 Å². The third-order valence-electron chi connectivity index (χ3n) is 4.10. The largest absolute Gasteiger partial charge is 0.319 e. The van der Waals surface area contributed by atoms with Crippen LogP contribution in [0.5, 0.6) is 0 Å². The normalized spacial score (nSPS) is 11.0. The number of carbonyl (C=O) groups excluding carboxylic acids is 1. The van der Waals surface area contributed by atoms with Crippen LogP contribution in [0.1, 0.15) is 21.7 Å². The molecule has 0 aliphatic carbocycles. The molecule has 0 saturated heterocycles. The van der Waals surface area contributed by atoms with Crippen LogP contribution >= 0.6 is 0 Å². The smallest absolute Gasteiger partial charge is 0.256 e. The third kappa shape index (κ3) is 2.61. The van der Waals surface area contributed by atoms with Crippen molar-refractivity contribution in [3.05, 3.63) is 59.8 Å². The third-order valence-corrected chi connectivity index (χ3v) is 4.10. The molecule has 0 fully saturated rings. The van der Waals surface area contributed by atoms with Gasteiger partial charge in [-0.05, 0) is 38.1 Å². The molecule has 1 N–H and O–H groups in total. The van der Waals surface area contributed by atoms with Gasteiger partial charge < -0.3 is 5.32 Å². The number of carbonyl (C=O) groups is 1. The molecule has 4 rings (SSSR count). The maximum atomic E-state index is 13.0. The molecule has 4 aromatic rings. The first-order chi connectivity index (χ1) is 12.5. The van der Waals surface area contributed by atoms with Crippen molar-refractivity contribution in [1.82, 2.24) is 29.5 Å². The van der Waals surface area contributed by atoms with E-state index in [2.05, 4.69) is 25.5 Å². The highest BCUT2D eigenvalue weighted by atomic mass is 16.1. The Kier molecular flexibility index (Phi) is 3.72. The Morgan fingerprint density at radius 3 is 2.81 bits per heavy atom. The van der Waals surface area contributed by atoms with Crippen LogP contribution < -0.4 is 5.32 Å². The number of anilines is 1. The molecule has 0 spiro atoms. The van der Waals surface area contributed by atoms with Crippen LogP contribution in [0, 0.1) is 13.8 Å². The van der Waals surface area contributed by atoms with E-state index in [9.17, 15) is 4.79 Å². The topological polar surface area (TPSA) is 90.5 Å². The van der Waals surface area contributed by atoms with Crippen molar-refractivity contribution < 1.29 is 4.79 Å². The maximum absolute atomic E-state index is 13.0. The van der Waals surface area contributed by atoms with E-state index in [1.54, 1.807) is 52.2 Å². The summed E-state index contributed by atoms with van der Waals surface area (Å²) in [5.41, 5.74) is 3.31. The number of pyridine rings is 2. The van der Waals surface area contributed by atoms with Gasteiger partial charge in [-0.25, -0.2) is 14.6 Å². The second-order valence-corrected chi connectivity index (χ2v) is 6.00. The first-order valence-electron chi connectivity index (χ1n) is 8.12. The molecule has 0 radical (unpaired) electrons. The van der Waals surface area contributed by atoms with Gasteiger partial charge >= 0.3 is 0 Å². The van der Waals surface area contributed by atoms with E-state index in [1.165, 1.54) is 0 Å². The predicted octanol–water partition coefficient (Wildman–Crippen LogP) is 2.42. The maximum Gasteiger partial charge on any atom is 0.256 e. The van der Waals surface area contributed by atoms with Gasteiger partial charge in [0.1, 0.15) is 0 Å². The second-order valence-electron chi connectivity index (χ2n) is 6.00. The summed E-state index contributed by atoms with van der Waals surface area (Å²) in [4.78, 5) is 21.9. The zero-order chi connectivity index (χ0) is 18.3. The number of nitrogens with zero attached hydrogens (tertiary/aromatic N) is 6. The van der Waals surface area contributed by atoms with Crippen LogP contribution in [0.2, 0.25) is 0 Å². The van der Waals surface area contributed by atoms with Gasteiger partial charge in [0.2, 0.25) is 0 Å². The number of fused-ring (bicyclic) bond motifs is 1. The van der Waals surface area contributed by atoms with Gasteiger partial charge in [-0.2, -0.15) is 10.2 Å². The molecule has 4 aromatic heterocycles. The molecule has 0 unspecified atom stereocenters. The summed E-state index contributed by atoms with van der Waals surface area (Å²) >= 11 is 0. The predicted molar refractivity (Wildman–Crippen MR) is 97.3 cm³/mol. The fourth-order valence-electron chi connectivity index (χ4n) is 3.01. The average molecular weight is 347 g/mol. The lowest BCUT2D eigenvalue weighted by Crippen LogP contribution is -2.16. The van der Waals surface area contributed by atoms with Crippen LogP contribution in [-0.4, -0.2) is 35.4 Å². The van der Waals surface area contributed by atoms with Crippen LogP contribution in [0.4, 0.5) is 5.69 Å². The Morgan fingerprint density at radius 1 is 1.19 bits per heavy atom. The number of hydrogen-bond donors (Lipinski definition) is 1. The lowest BCUT2D eigenvalue weighted by Gasteiger charge is -2.11. The number of hydrogen-bond acceptors (Lipinski definition) is 5. The molecule has 8 heteroatoms. The van der Waals surface area contributed by atoms with E-state index in [4.69, 9.17) is 0 Å². The van der Waals surface area contributed by atoms with Gasteiger partial charge in [0.15, 0.2) is 11.5 Å². The summed E-state index contributed by atoms with van der Waals surface area (Å²) in [6.45, 7) is 3.73. The van der Waals surface area contributed by atoms with Gasteiger partial charge in [-0.3, -0.25) is 9.48 Å². The minimum Gasteiger partial charge on any atom is -0.319 e. The van der Waals surface area contributed by atoms with Crippen molar-refractivity contribution in [3.8, 4) is 5.82 Å². The summed E-state index contributed by atoms with van der Waals surface area (Å²) in [7, 11) is 1.82. The van der Waals surface area contributed by atoms with Crippen LogP contribution in [0.3, 0.4) is 0 Å². The average Bonchev–Trinajstić information content (AvgIpc) is 3.24. The Bertz CT molecular complexity index is 1110. The zero-order valence-corrected chi connectivity index (χ0v) is 14.6. The highest BCUT2D eigenvalue weighted by molar-refractivity contribution is 6.13. The number of aromatic nitrogens is 6. The van der Waals surface area contributed by atoms with Gasteiger partial charge in [0, 0.05) is 31.3 Å². The molecule has 0 aliphatic rings. The number of rotatable bonds is 3. The van der Waals surface area contributed by atoms with Gasteiger partial charge in [0.05, 0.1) is 22.3 Å². The molecule has 1 amide bonds.